The number of esters is 2. The Kier molecular flexibility index (Phi) is 38.0. The lowest BCUT2D eigenvalue weighted by Gasteiger charge is -2.49. The number of phosphoric acid groups is 1. The number of hydrogen-bond acceptors (Lipinski definition) is 24. The molecule has 18 atom stereocenters. The number of fused-ring (bicyclic) bond motifs is 3. The molecule has 616 valence electrons. The molecule has 0 aromatic heterocycles. The smallest absolute Gasteiger partial charge is 0.462 e. The lowest BCUT2D eigenvalue weighted by molar-refractivity contribution is -0.353. The van der Waals surface area contributed by atoms with Crippen LogP contribution in [0.2, 0.25) is 0 Å². The van der Waals surface area contributed by atoms with Gasteiger partial charge in [0.05, 0.1) is 13.2 Å². The summed E-state index contributed by atoms with van der Waals surface area (Å²) < 4.78 is 99.4. The van der Waals surface area contributed by atoms with Crippen LogP contribution in [0.15, 0.2) is 29.4 Å². The van der Waals surface area contributed by atoms with Crippen LogP contribution in [0.3, 0.4) is 0 Å². The monoisotopic (exact) mass is 1570 g/mol. The van der Waals surface area contributed by atoms with Gasteiger partial charge in [-0.1, -0.05) is 198 Å². The van der Waals surface area contributed by atoms with Gasteiger partial charge in [-0.2, -0.15) is 0 Å². The lowest BCUT2D eigenvalue weighted by atomic mass is 9.84. The van der Waals surface area contributed by atoms with Crippen LogP contribution in [0.1, 0.15) is 279 Å². The number of carbonyl (C=O) groups is 3. The normalized spacial score (nSPS) is 29.4. The summed E-state index contributed by atoms with van der Waals surface area (Å²) in [4.78, 5) is 56.6. The number of rotatable bonds is 46. The number of benzene rings is 1. The minimum Gasteiger partial charge on any atom is -0.462 e. The molecule has 9 N–H and O–H groups in total. The zero-order valence-electron chi connectivity index (χ0n) is 64.6. The Morgan fingerprint density at radius 2 is 1.08 bits per heavy atom. The van der Waals surface area contributed by atoms with E-state index < -0.39 is 167 Å². The van der Waals surface area contributed by atoms with Gasteiger partial charge in [0.25, 0.3) is 0 Å². The molecule has 3 saturated carbocycles. The van der Waals surface area contributed by atoms with Gasteiger partial charge in [0, 0.05) is 61.4 Å². The minimum atomic E-state index is -5.46. The van der Waals surface area contributed by atoms with Crippen LogP contribution in [-0.4, -0.2) is 201 Å². The van der Waals surface area contributed by atoms with Crippen molar-refractivity contribution in [3.63, 3.8) is 0 Å². The van der Waals surface area contributed by atoms with Crippen LogP contribution in [-0.2, 0) is 75.3 Å². The van der Waals surface area contributed by atoms with Gasteiger partial charge in [0.15, 0.2) is 35.4 Å². The van der Waals surface area contributed by atoms with Crippen molar-refractivity contribution in [1.82, 2.24) is 10.6 Å². The van der Waals surface area contributed by atoms with Gasteiger partial charge in [-0.05, 0) is 89.2 Å². The molecule has 3 aliphatic carbocycles. The van der Waals surface area contributed by atoms with Crippen molar-refractivity contribution in [2.45, 2.75) is 400 Å². The molecular weight excluding hydrogens is 1440 g/mol. The fraction of sp³-hybridized carbons (Fsp3) is 0.870. The van der Waals surface area contributed by atoms with E-state index in [1.54, 1.807) is 45.0 Å². The third kappa shape index (κ3) is 28.5. The van der Waals surface area contributed by atoms with E-state index in [9.17, 15) is 44.8 Å². The fourth-order valence-corrected chi connectivity index (χ4v) is 16.8. The maximum absolute atomic E-state index is 15.2. The van der Waals surface area contributed by atoms with Gasteiger partial charge in [-0.3, -0.25) is 18.6 Å². The number of carbonyl (C=O) groups excluding carboxylic acids is 3. The molecule has 4 saturated heterocycles. The standard InChI is InChI=1S/C77H129N6O23PS/c1-6-8-10-12-14-16-18-20-22-24-26-28-32-38-57(85)94-50-54(96-58(86)39-33-29-27-25-23-21-19-17-15-13-11-9-7-2)51-95-107(92,93)106-70-65(66-67(102-76(101-66)44-34-30-35-45-76)68-69(70)104-77(103-68)46-36-31-37-47-77)100-71-59(81-74(91)105-75(3,4)5)61(88)64(99-72-63(90)62(89)60(87)56(49-84)98-72)55(97-71)48-79-73(108)80-52-40-42-53(43-41-52)82-83-78/h40-43,54-56,59-72,84,87-90H,6-39,44-51H2,1-5H3,(H,81,91)(H,92,93)(H2,79,80,108)/t54-,55-,56-,59-,60-,61-,62+,63+,64-,65-,66-,67+,68-,69-,70+,71-,72-/m1/s1. The summed E-state index contributed by atoms with van der Waals surface area (Å²) in [5.41, 5.74) is 8.67. The Labute approximate surface area is 644 Å². The second kappa shape index (κ2) is 45.8. The maximum Gasteiger partial charge on any atom is 0.472 e. The SMILES string of the molecule is CCCCCCCCCCCCCCCC(=O)OC[C@H](COP(=O)(O)O[C@H]1[C@H](O[C@H]2O[C@H](CNC(=S)Nc3ccc(N=[N+]=[N-])cc3)[C@@H](O[C@H]3O[C@H](CO)[C@@H](O)[C@H](O)[C@@H]3O)[C@H](O)[C@H]2NC(=O)OC(C)(C)C)[C@H]2OC3(CCCCC3)O[C@@H]2[C@H]2OC3(CCCCC3)O[C@H]21)OC(=O)CCCCCCCCCCCCCCC. The van der Waals surface area contributed by atoms with Crippen molar-refractivity contribution < 1.29 is 111 Å². The number of nitrogens with zero attached hydrogens (tertiary/aromatic N) is 3. The largest absolute Gasteiger partial charge is 0.472 e. The molecule has 1 unspecified atom stereocenters. The number of unbranched alkanes of at least 4 members (excludes halogenated alkanes) is 24. The van der Waals surface area contributed by atoms with Crippen LogP contribution >= 0.6 is 20.0 Å². The topological polar surface area (TPSA) is 395 Å². The van der Waals surface area contributed by atoms with E-state index in [0.717, 1.165) is 89.9 Å². The van der Waals surface area contributed by atoms with Crippen molar-refractivity contribution in [3.8, 4) is 0 Å². The number of phosphoric ester groups is 1. The van der Waals surface area contributed by atoms with Crippen LogP contribution < -0.4 is 16.0 Å². The van der Waals surface area contributed by atoms with Crippen LogP contribution in [0.25, 0.3) is 10.4 Å². The van der Waals surface area contributed by atoms with Gasteiger partial charge in [-0.25, -0.2) is 9.36 Å². The third-order valence-corrected chi connectivity index (χ3v) is 22.7. The zero-order valence-corrected chi connectivity index (χ0v) is 66.4. The van der Waals surface area contributed by atoms with E-state index in [4.69, 9.17) is 78.9 Å². The van der Waals surface area contributed by atoms with E-state index in [0.29, 0.717) is 49.9 Å². The molecule has 0 radical (unpaired) electrons. The first-order valence-electron chi connectivity index (χ1n) is 40.8. The number of nitrogens with one attached hydrogen (secondary N) is 3. The zero-order chi connectivity index (χ0) is 77.5. The van der Waals surface area contributed by atoms with Crippen molar-refractivity contribution >= 4 is 54.6 Å². The Balaban J connectivity index is 1.05. The molecule has 31 heteroatoms. The lowest BCUT2D eigenvalue weighted by Crippen LogP contribution is -2.70. The number of ether oxygens (including phenoxy) is 11. The van der Waals surface area contributed by atoms with E-state index >= 15 is 4.57 Å². The average Bonchev–Trinajstić information content (AvgIpc) is 1.55. The van der Waals surface area contributed by atoms with Crippen LogP contribution in [0.5, 0.6) is 0 Å². The molecule has 0 bridgehead atoms. The van der Waals surface area contributed by atoms with Crippen LogP contribution in [0, 0.1) is 0 Å². The molecule has 7 fully saturated rings. The fourth-order valence-electron chi connectivity index (χ4n) is 15.7. The molecule has 1 aromatic carbocycles. The summed E-state index contributed by atoms with van der Waals surface area (Å²) in [6.07, 6.45) is 9.44. The summed E-state index contributed by atoms with van der Waals surface area (Å²) in [7, 11) is -5.46. The number of amides is 1. The van der Waals surface area contributed by atoms with Gasteiger partial charge >= 0.3 is 25.9 Å². The average molecular weight is 1570 g/mol. The summed E-state index contributed by atoms with van der Waals surface area (Å²) in [5.74, 6) is -3.56. The molecule has 7 aliphatic rings. The van der Waals surface area contributed by atoms with Gasteiger partial charge in [0.2, 0.25) is 0 Å². The molecule has 1 amide bonds. The number of aliphatic hydroxyl groups is 5. The molecule has 8 rings (SSSR count). The maximum atomic E-state index is 15.2. The molecule has 1 aromatic rings. The van der Waals surface area contributed by atoms with Gasteiger partial charge in [0.1, 0.15) is 97.6 Å². The molecule has 29 nitrogen and oxygen atoms in total. The number of hydrogen-bond donors (Lipinski definition) is 9. The number of alkyl carbamates (subject to hydrolysis) is 1. The second-order valence-corrected chi connectivity index (χ2v) is 33.4. The van der Waals surface area contributed by atoms with Gasteiger partial charge < -0.3 is 98.5 Å². The van der Waals surface area contributed by atoms with E-state index in [2.05, 4.69) is 39.8 Å². The van der Waals surface area contributed by atoms with Crippen molar-refractivity contribution in [2.75, 3.05) is 31.7 Å². The number of aliphatic hydroxyl groups excluding tert-OH is 5. The Morgan fingerprint density at radius 3 is 1.58 bits per heavy atom. The first-order valence-corrected chi connectivity index (χ1v) is 42.7. The molecular formula is C77H129N6O23PS. The van der Waals surface area contributed by atoms with Crippen LogP contribution in [0.4, 0.5) is 16.2 Å². The summed E-state index contributed by atoms with van der Waals surface area (Å²) >= 11 is 5.74. The molecule has 2 spiro atoms. The summed E-state index contributed by atoms with van der Waals surface area (Å²) in [6.45, 7) is 6.84. The highest BCUT2D eigenvalue weighted by Gasteiger charge is 2.69. The predicted molar refractivity (Wildman–Crippen MR) is 404 cm³/mol. The quantitative estimate of drug-likeness (QED) is 0.00428. The van der Waals surface area contributed by atoms with E-state index in [1.165, 1.54) is 103 Å². The molecule has 108 heavy (non-hydrogen) atoms. The highest BCUT2D eigenvalue weighted by atomic mass is 32.1. The first kappa shape index (κ1) is 89.6. The highest BCUT2D eigenvalue weighted by Crippen LogP contribution is 2.56. The first-order chi connectivity index (χ1) is 52.0. The van der Waals surface area contributed by atoms with E-state index in [1.807, 2.05) is 0 Å². The molecule has 4 aliphatic heterocycles. The predicted octanol–water partition coefficient (Wildman–Crippen LogP) is 13.3. The Morgan fingerprint density at radius 1 is 0.611 bits per heavy atom. The van der Waals surface area contributed by atoms with Crippen molar-refractivity contribution in [3.05, 3.63) is 34.7 Å². The van der Waals surface area contributed by atoms with Crippen molar-refractivity contribution in [2.24, 2.45) is 5.11 Å². The molecule has 4 heterocycles. The minimum absolute atomic E-state index is 0.00433. The Hall–Kier alpha value is -3.98. The Bertz CT molecular complexity index is 2920. The second-order valence-electron chi connectivity index (χ2n) is 31.6. The number of azide groups is 1. The summed E-state index contributed by atoms with van der Waals surface area (Å²) in [6, 6.07) is 4.56. The third-order valence-electron chi connectivity index (χ3n) is 21.5. The van der Waals surface area contributed by atoms with Crippen molar-refractivity contribution in [1.29, 1.82) is 0 Å². The highest BCUT2D eigenvalue weighted by molar-refractivity contribution is 7.80. The number of thiocarbonyl (C=S) groups is 1. The van der Waals surface area contributed by atoms with E-state index in [-0.39, 0.29) is 24.5 Å². The number of anilines is 1. The summed E-state index contributed by atoms with van der Waals surface area (Å²) in [5, 5.41) is 68.7. The van der Waals surface area contributed by atoms with Gasteiger partial charge in [-0.15, -0.1) is 0 Å².